The van der Waals surface area contributed by atoms with Gasteiger partial charge in [0.1, 0.15) is 0 Å². The molecule has 1 aromatic rings. The van der Waals surface area contributed by atoms with Gasteiger partial charge in [0.05, 0.1) is 6.10 Å². The molecule has 0 radical (unpaired) electrons. The number of aliphatic hydroxyl groups excluding tert-OH is 1. The lowest BCUT2D eigenvalue weighted by Gasteiger charge is -2.35. The van der Waals surface area contributed by atoms with E-state index in [-0.39, 0.29) is 6.10 Å². The highest BCUT2D eigenvalue weighted by Crippen LogP contribution is 2.29. The van der Waals surface area contributed by atoms with Crippen molar-refractivity contribution in [2.75, 3.05) is 18.0 Å². The van der Waals surface area contributed by atoms with E-state index >= 15 is 0 Å². The van der Waals surface area contributed by atoms with Gasteiger partial charge in [-0.15, -0.1) is 0 Å². The summed E-state index contributed by atoms with van der Waals surface area (Å²) in [5.74, 6) is 0.747. The van der Waals surface area contributed by atoms with Gasteiger partial charge in [-0.2, -0.15) is 0 Å². The highest BCUT2D eigenvalue weighted by atomic mass is 16.3. The van der Waals surface area contributed by atoms with Crippen LogP contribution in [0.4, 0.5) is 5.69 Å². The quantitative estimate of drug-likeness (QED) is 0.807. The molecule has 1 heterocycles. The van der Waals surface area contributed by atoms with Crippen molar-refractivity contribution < 1.29 is 5.11 Å². The van der Waals surface area contributed by atoms with Gasteiger partial charge in [-0.05, 0) is 50.2 Å². The molecule has 2 heteroatoms. The van der Waals surface area contributed by atoms with Crippen molar-refractivity contribution in [2.24, 2.45) is 5.92 Å². The number of anilines is 1. The zero-order valence-corrected chi connectivity index (χ0v) is 11.6. The smallest absolute Gasteiger partial charge is 0.0512 e. The van der Waals surface area contributed by atoms with Gasteiger partial charge in [0, 0.05) is 18.8 Å². The molecule has 0 amide bonds. The summed E-state index contributed by atoms with van der Waals surface area (Å²) in [5, 5.41) is 9.28. The molecule has 0 saturated heterocycles. The zero-order valence-electron chi connectivity index (χ0n) is 11.6. The maximum Gasteiger partial charge on any atom is 0.0512 e. The lowest BCUT2D eigenvalue weighted by molar-refractivity contribution is 0.181. The molecule has 18 heavy (non-hydrogen) atoms. The van der Waals surface area contributed by atoms with E-state index in [1.165, 1.54) is 30.6 Å². The fraction of sp³-hybridized carbons (Fsp3) is 0.625. The SMILES string of the molecule is CC(O)CCCCN1CC(C)Cc2ccccc21. The minimum atomic E-state index is -0.155. The van der Waals surface area contributed by atoms with Crippen LogP contribution in [0, 0.1) is 5.92 Å². The number of benzene rings is 1. The molecule has 1 aromatic carbocycles. The van der Waals surface area contributed by atoms with E-state index in [2.05, 4.69) is 36.1 Å². The number of unbranched alkanes of at least 4 members (excludes halogenated alkanes) is 1. The Labute approximate surface area is 111 Å². The van der Waals surface area contributed by atoms with Crippen LogP contribution in [0.15, 0.2) is 24.3 Å². The minimum Gasteiger partial charge on any atom is -0.393 e. The minimum absolute atomic E-state index is 0.155. The molecule has 1 aliphatic rings. The standard InChI is InChI=1S/C16H25NO/c1-13-11-15-8-3-4-9-16(15)17(12-13)10-6-5-7-14(2)18/h3-4,8-9,13-14,18H,5-7,10-12H2,1-2H3. The van der Waals surface area contributed by atoms with Crippen LogP contribution in [0.25, 0.3) is 0 Å². The van der Waals surface area contributed by atoms with Crippen LogP contribution in [0.5, 0.6) is 0 Å². The molecule has 2 atom stereocenters. The topological polar surface area (TPSA) is 23.5 Å². The van der Waals surface area contributed by atoms with E-state index < -0.39 is 0 Å². The normalized spacial score (nSPS) is 20.6. The van der Waals surface area contributed by atoms with Crippen LogP contribution in [-0.4, -0.2) is 24.3 Å². The highest BCUT2D eigenvalue weighted by Gasteiger charge is 2.20. The van der Waals surface area contributed by atoms with Crippen molar-refractivity contribution in [1.82, 2.24) is 0 Å². The van der Waals surface area contributed by atoms with Crippen molar-refractivity contribution in [1.29, 1.82) is 0 Å². The molecule has 1 aliphatic heterocycles. The van der Waals surface area contributed by atoms with E-state index in [4.69, 9.17) is 0 Å². The van der Waals surface area contributed by atoms with E-state index in [0.29, 0.717) is 0 Å². The van der Waals surface area contributed by atoms with Crippen molar-refractivity contribution in [2.45, 2.75) is 45.6 Å². The molecule has 0 bridgehead atoms. The molecule has 0 fully saturated rings. The molecule has 0 spiro atoms. The van der Waals surface area contributed by atoms with Gasteiger partial charge in [0.2, 0.25) is 0 Å². The number of para-hydroxylation sites is 1. The van der Waals surface area contributed by atoms with E-state index in [1.807, 2.05) is 6.92 Å². The summed E-state index contributed by atoms with van der Waals surface area (Å²) in [6, 6.07) is 8.78. The number of rotatable bonds is 5. The van der Waals surface area contributed by atoms with Crippen molar-refractivity contribution in [3.63, 3.8) is 0 Å². The Morgan fingerprint density at radius 1 is 1.33 bits per heavy atom. The highest BCUT2D eigenvalue weighted by molar-refractivity contribution is 5.55. The Balaban J connectivity index is 1.92. The fourth-order valence-electron chi connectivity index (χ4n) is 2.86. The second kappa shape index (κ2) is 6.24. The summed E-state index contributed by atoms with van der Waals surface area (Å²) in [6.07, 6.45) is 4.26. The number of fused-ring (bicyclic) bond motifs is 1. The molecule has 100 valence electrons. The monoisotopic (exact) mass is 247 g/mol. The van der Waals surface area contributed by atoms with Crippen LogP contribution in [0.3, 0.4) is 0 Å². The fourth-order valence-corrected chi connectivity index (χ4v) is 2.86. The second-order valence-corrected chi connectivity index (χ2v) is 5.73. The lowest BCUT2D eigenvalue weighted by Crippen LogP contribution is -2.35. The molecular formula is C16H25NO. The van der Waals surface area contributed by atoms with Crippen LogP contribution >= 0.6 is 0 Å². The third-order valence-electron chi connectivity index (χ3n) is 3.73. The average Bonchev–Trinajstić information content (AvgIpc) is 2.34. The van der Waals surface area contributed by atoms with Crippen molar-refractivity contribution >= 4 is 5.69 Å². The predicted molar refractivity (Wildman–Crippen MR) is 77.1 cm³/mol. The van der Waals surface area contributed by atoms with Gasteiger partial charge in [0.15, 0.2) is 0 Å². The summed E-state index contributed by atoms with van der Waals surface area (Å²) < 4.78 is 0. The van der Waals surface area contributed by atoms with Gasteiger partial charge < -0.3 is 10.0 Å². The number of aliphatic hydroxyl groups is 1. The number of hydrogen-bond donors (Lipinski definition) is 1. The van der Waals surface area contributed by atoms with Crippen LogP contribution in [0.1, 0.15) is 38.7 Å². The Bertz CT molecular complexity index is 375. The van der Waals surface area contributed by atoms with Gasteiger partial charge in [0.25, 0.3) is 0 Å². The van der Waals surface area contributed by atoms with E-state index in [9.17, 15) is 5.11 Å². The first-order valence-corrected chi connectivity index (χ1v) is 7.17. The third kappa shape index (κ3) is 3.49. The van der Waals surface area contributed by atoms with E-state index in [0.717, 1.165) is 25.3 Å². The van der Waals surface area contributed by atoms with Crippen LogP contribution < -0.4 is 4.90 Å². The van der Waals surface area contributed by atoms with Crippen molar-refractivity contribution in [3.05, 3.63) is 29.8 Å². The molecule has 1 N–H and O–H groups in total. The van der Waals surface area contributed by atoms with E-state index in [1.54, 1.807) is 0 Å². The maximum absolute atomic E-state index is 9.28. The molecule has 2 nitrogen and oxygen atoms in total. The molecular weight excluding hydrogens is 222 g/mol. The Kier molecular flexibility index (Phi) is 4.65. The van der Waals surface area contributed by atoms with Crippen LogP contribution in [-0.2, 0) is 6.42 Å². The Hall–Kier alpha value is -1.02. The molecule has 0 aromatic heterocycles. The molecule has 0 aliphatic carbocycles. The number of hydrogen-bond acceptors (Lipinski definition) is 2. The molecule has 2 unspecified atom stereocenters. The summed E-state index contributed by atoms with van der Waals surface area (Å²) in [4.78, 5) is 2.52. The van der Waals surface area contributed by atoms with Gasteiger partial charge >= 0.3 is 0 Å². The molecule has 0 saturated carbocycles. The Morgan fingerprint density at radius 3 is 2.89 bits per heavy atom. The van der Waals surface area contributed by atoms with Crippen LogP contribution in [0.2, 0.25) is 0 Å². The number of nitrogens with zero attached hydrogens (tertiary/aromatic N) is 1. The maximum atomic E-state index is 9.28. The summed E-state index contributed by atoms with van der Waals surface area (Å²) in [6.45, 7) is 6.50. The first-order valence-electron chi connectivity index (χ1n) is 7.17. The van der Waals surface area contributed by atoms with Gasteiger partial charge in [-0.1, -0.05) is 25.1 Å². The van der Waals surface area contributed by atoms with Crippen molar-refractivity contribution in [3.8, 4) is 0 Å². The first kappa shape index (κ1) is 13.4. The Morgan fingerprint density at radius 2 is 2.11 bits per heavy atom. The summed E-state index contributed by atoms with van der Waals surface area (Å²) >= 11 is 0. The van der Waals surface area contributed by atoms with Gasteiger partial charge in [-0.3, -0.25) is 0 Å². The summed E-state index contributed by atoms with van der Waals surface area (Å²) in [7, 11) is 0. The largest absolute Gasteiger partial charge is 0.393 e. The predicted octanol–water partition coefficient (Wildman–Crippen LogP) is 3.24. The first-order chi connectivity index (χ1) is 8.66. The zero-order chi connectivity index (χ0) is 13.0. The average molecular weight is 247 g/mol. The molecule has 2 rings (SSSR count). The third-order valence-corrected chi connectivity index (χ3v) is 3.73. The van der Waals surface area contributed by atoms with Gasteiger partial charge in [-0.25, -0.2) is 0 Å². The second-order valence-electron chi connectivity index (χ2n) is 5.73. The lowest BCUT2D eigenvalue weighted by atomic mass is 9.93. The summed E-state index contributed by atoms with van der Waals surface area (Å²) in [5.41, 5.74) is 2.92.